The van der Waals surface area contributed by atoms with E-state index in [1.54, 1.807) is 0 Å². The molecule has 4 nitrogen and oxygen atoms in total. The molecular weight excluding hydrogens is 609 g/mol. The van der Waals surface area contributed by atoms with Crippen molar-refractivity contribution >= 4 is 49.2 Å². The Morgan fingerprint density at radius 3 is 2.06 bits per heavy atom. The molecule has 50 heavy (non-hydrogen) atoms. The van der Waals surface area contributed by atoms with Gasteiger partial charge in [-0.15, -0.1) is 0 Å². The zero-order valence-electron chi connectivity index (χ0n) is 27.6. The van der Waals surface area contributed by atoms with Crippen molar-refractivity contribution in [2.75, 3.05) is 0 Å². The van der Waals surface area contributed by atoms with E-state index in [1.165, 1.54) is 38.4 Å². The summed E-state index contributed by atoms with van der Waals surface area (Å²) in [5.41, 5.74) is 12.9. The molecule has 0 aliphatic heterocycles. The van der Waals surface area contributed by atoms with Crippen LogP contribution >= 0.6 is 0 Å². The van der Waals surface area contributed by atoms with E-state index in [4.69, 9.17) is 16.5 Å². The maximum Gasteiger partial charge on any atom is 0.235 e. The van der Waals surface area contributed by atoms with Gasteiger partial charge in [-0.2, -0.15) is 0 Å². The van der Waals surface area contributed by atoms with Crippen molar-refractivity contribution in [2.45, 2.75) is 19.3 Å². The first-order valence-electron chi connectivity index (χ1n) is 16.9. The second-order valence-corrected chi connectivity index (χ2v) is 13.8. The van der Waals surface area contributed by atoms with Gasteiger partial charge in [0.1, 0.15) is 0 Å². The van der Waals surface area contributed by atoms with E-state index in [9.17, 15) is 0 Å². The number of benzene rings is 7. The Bertz CT molecular complexity index is 2900. The molecular formula is C46H30N4. The lowest BCUT2D eigenvalue weighted by atomic mass is 9.82. The zero-order chi connectivity index (χ0) is 33.6. The van der Waals surface area contributed by atoms with Crippen LogP contribution in [-0.4, -0.2) is 14.5 Å². The molecule has 4 heteroatoms. The molecule has 0 bridgehead atoms. The van der Waals surface area contributed by atoms with Crippen molar-refractivity contribution in [1.29, 1.82) is 0 Å². The number of fused-ring (bicyclic) bond motifs is 8. The highest BCUT2D eigenvalue weighted by atomic mass is 15.2. The minimum Gasteiger partial charge on any atom is -0.278 e. The van der Waals surface area contributed by atoms with Crippen molar-refractivity contribution in [1.82, 2.24) is 14.5 Å². The fourth-order valence-electron chi connectivity index (χ4n) is 8.08. The number of aromatic nitrogens is 3. The topological polar surface area (TPSA) is 35.1 Å². The molecule has 0 unspecified atom stereocenters. The Morgan fingerprint density at radius 2 is 1.22 bits per heavy atom. The third-order valence-corrected chi connectivity index (χ3v) is 10.6. The van der Waals surface area contributed by atoms with Gasteiger partial charge in [0.15, 0.2) is 5.69 Å². The number of rotatable bonds is 3. The van der Waals surface area contributed by atoms with E-state index in [0.29, 0.717) is 11.6 Å². The minimum atomic E-state index is -0.0404. The van der Waals surface area contributed by atoms with Crippen molar-refractivity contribution in [3.05, 3.63) is 168 Å². The van der Waals surface area contributed by atoms with E-state index in [0.717, 1.165) is 49.7 Å². The first-order chi connectivity index (χ1) is 24.5. The molecule has 2 heterocycles. The van der Waals surface area contributed by atoms with Gasteiger partial charge in [0.05, 0.1) is 28.8 Å². The lowest BCUT2D eigenvalue weighted by Gasteiger charge is -2.21. The molecule has 1 aliphatic rings. The van der Waals surface area contributed by atoms with Crippen LogP contribution in [0.15, 0.2) is 146 Å². The molecule has 7 aromatic carbocycles. The first-order valence-corrected chi connectivity index (χ1v) is 16.9. The Labute approximate surface area is 289 Å². The Kier molecular flexibility index (Phi) is 5.95. The predicted molar refractivity (Wildman–Crippen MR) is 206 cm³/mol. The molecule has 0 saturated heterocycles. The van der Waals surface area contributed by atoms with Crippen molar-refractivity contribution in [3.8, 4) is 39.5 Å². The molecule has 234 valence electrons. The van der Waals surface area contributed by atoms with Crippen LogP contribution in [0.2, 0.25) is 0 Å². The third-order valence-electron chi connectivity index (χ3n) is 10.6. The summed E-state index contributed by atoms with van der Waals surface area (Å²) in [5.74, 6) is 0.616. The van der Waals surface area contributed by atoms with E-state index in [2.05, 4.69) is 145 Å². The van der Waals surface area contributed by atoms with Gasteiger partial charge in [0.25, 0.3) is 0 Å². The summed E-state index contributed by atoms with van der Waals surface area (Å²) in [6.45, 7) is 12.1. The van der Waals surface area contributed by atoms with Crippen LogP contribution in [0.4, 0.5) is 5.69 Å². The summed E-state index contributed by atoms with van der Waals surface area (Å²) in [4.78, 5) is 14.3. The molecule has 0 spiro atoms. The van der Waals surface area contributed by atoms with Crippen LogP contribution in [-0.2, 0) is 5.41 Å². The van der Waals surface area contributed by atoms with Gasteiger partial charge in [-0.3, -0.25) is 4.57 Å². The smallest absolute Gasteiger partial charge is 0.235 e. The Morgan fingerprint density at radius 1 is 0.540 bits per heavy atom. The molecule has 0 amide bonds. The third kappa shape index (κ3) is 4.11. The fraction of sp³-hybridized carbons (Fsp3) is 0.0652. The Balaban J connectivity index is 1.23. The van der Waals surface area contributed by atoms with Gasteiger partial charge in [-0.25, -0.2) is 14.8 Å². The normalized spacial score (nSPS) is 13.1. The monoisotopic (exact) mass is 638 g/mol. The van der Waals surface area contributed by atoms with Gasteiger partial charge < -0.3 is 0 Å². The van der Waals surface area contributed by atoms with Gasteiger partial charge in [-0.05, 0) is 86.1 Å². The summed E-state index contributed by atoms with van der Waals surface area (Å²) in [6, 6.07) is 51.4. The van der Waals surface area contributed by atoms with Crippen LogP contribution in [0.5, 0.6) is 0 Å². The van der Waals surface area contributed by atoms with Gasteiger partial charge in [0.2, 0.25) is 5.95 Å². The number of hydrogen-bond donors (Lipinski definition) is 0. The van der Waals surface area contributed by atoms with Crippen LogP contribution in [0.25, 0.3) is 87.8 Å². The highest BCUT2D eigenvalue weighted by Gasteiger charge is 2.35. The molecule has 0 N–H and O–H groups in total. The van der Waals surface area contributed by atoms with Crippen LogP contribution < -0.4 is 0 Å². The van der Waals surface area contributed by atoms with Crippen molar-refractivity contribution in [3.63, 3.8) is 0 Å². The summed E-state index contributed by atoms with van der Waals surface area (Å²) in [6.07, 6.45) is 0. The highest BCUT2D eigenvalue weighted by Crippen LogP contribution is 2.49. The molecule has 0 fully saturated rings. The standard InChI is InChI=1S/C46H30N4/c1-46(2)39-14-8-6-12-34(39)37-24-31(19-23-40(37)46)32-18-22-36-41(26-32)48-45(49-44(36)28-16-20-33(47-3)21-17-28)50-42-15-9-7-13-35(42)38-25-29-10-4-5-11-30(29)27-43(38)50/h4-27H,1-2H3. The summed E-state index contributed by atoms with van der Waals surface area (Å²) >= 11 is 0. The molecule has 2 aromatic heterocycles. The molecule has 0 atom stereocenters. The molecule has 1 aliphatic carbocycles. The first kappa shape index (κ1) is 28.4. The van der Waals surface area contributed by atoms with Crippen molar-refractivity contribution in [2.24, 2.45) is 0 Å². The maximum absolute atomic E-state index is 7.50. The number of nitrogens with zero attached hydrogens (tertiary/aromatic N) is 4. The van der Waals surface area contributed by atoms with Crippen LogP contribution in [0.3, 0.4) is 0 Å². The number of hydrogen-bond acceptors (Lipinski definition) is 2. The van der Waals surface area contributed by atoms with E-state index in [-0.39, 0.29) is 5.41 Å². The molecule has 9 aromatic rings. The lowest BCUT2D eigenvalue weighted by Crippen LogP contribution is -2.14. The molecule has 0 saturated carbocycles. The summed E-state index contributed by atoms with van der Waals surface area (Å²) in [7, 11) is 0. The van der Waals surface area contributed by atoms with Gasteiger partial charge in [-0.1, -0.05) is 123 Å². The average Bonchev–Trinajstić information content (AvgIpc) is 3.60. The SMILES string of the molecule is [C-]#[N+]c1ccc(-c2nc(-n3c4ccccc4c4cc5ccccc5cc43)nc3cc(-c4ccc5c(c4)-c4ccccc4C5(C)C)ccc23)cc1. The predicted octanol–water partition coefficient (Wildman–Crippen LogP) is 12.1. The van der Waals surface area contributed by atoms with E-state index >= 15 is 0 Å². The Hall–Kier alpha value is -6.57. The second-order valence-electron chi connectivity index (χ2n) is 13.8. The van der Waals surface area contributed by atoms with Crippen molar-refractivity contribution < 1.29 is 0 Å². The largest absolute Gasteiger partial charge is 0.278 e. The van der Waals surface area contributed by atoms with Gasteiger partial charge in [0, 0.05) is 21.6 Å². The zero-order valence-corrected chi connectivity index (χ0v) is 27.6. The minimum absolute atomic E-state index is 0.0404. The van der Waals surface area contributed by atoms with E-state index < -0.39 is 0 Å². The highest BCUT2D eigenvalue weighted by molar-refractivity contribution is 6.13. The lowest BCUT2D eigenvalue weighted by molar-refractivity contribution is 0.660. The van der Waals surface area contributed by atoms with Crippen LogP contribution in [0, 0.1) is 6.57 Å². The van der Waals surface area contributed by atoms with Gasteiger partial charge >= 0.3 is 0 Å². The summed E-state index contributed by atoms with van der Waals surface area (Å²) < 4.78 is 2.20. The number of para-hydroxylation sites is 1. The summed E-state index contributed by atoms with van der Waals surface area (Å²) in [5, 5.41) is 5.67. The fourth-order valence-corrected chi connectivity index (χ4v) is 8.08. The quantitative estimate of drug-likeness (QED) is 0.181. The molecule has 10 rings (SSSR count). The van der Waals surface area contributed by atoms with Crippen LogP contribution in [0.1, 0.15) is 25.0 Å². The molecule has 0 radical (unpaired) electrons. The second kappa shape index (κ2) is 10.5. The van der Waals surface area contributed by atoms with E-state index in [1.807, 2.05) is 24.3 Å². The average molecular weight is 639 g/mol. The maximum atomic E-state index is 7.50.